The SMILES string of the molecule is C[C@H]1CN(C[C@H](N)CC(=O)N2CCc3c(nc(-c4ccc(F)cc4)nc3C(F)(F)F)C2)CC(=O)O1. The van der Waals surface area contributed by atoms with E-state index in [4.69, 9.17) is 10.5 Å². The van der Waals surface area contributed by atoms with Crippen LogP contribution in [0.3, 0.4) is 0 Å². The number of nitrogens with zero attached hydrogens (tertiary/aromatic N) is 4. The first kappa shape index (κ1) is 25.0. The Morgan fingerprint density at radius 3 is 2.60 bits per heavy atom. The van der Waals surface area contributed by atoms with Gasteiger partial charge in [0.05, 0.1) is 18.8 Å². The smallest absolute Gasteiger partial charge is 0.433 e. The molecule has 2 aliphatic heterocycles. The lowest BCUT2D eigenvalue weighted by atomic mass is 10.0. The summed E-state index contributed by atoms with van der Waals surface area (Å²) in [4.78, 5) is 35.8. The minimum absolute atomic E-state index is 0.0305. The van der Waals surface area contributed by atoms with Crippen molar-refractivity contribution in [1.82, 2.24) is 19.8 Å². The summed E-state index contributed by atoms with van der Waals surface area (Å²) in [6, 6.07) is 4.28. The highest BCUT2D eigenvalue weighted by molar-refractivity contribution is 5.77. The van der Waals surface area contributed by atoms with E-state index in [0.29, 0.717) is 13.1 Å². The van der Waals surface area contributed by atoms with Crippen LogP contribution >= 0.6 is 0 Å². The van der Waals surface area contributed by atoms with Crippen molar-refractivity contribution in [2.24, 2.45) is 5.73 Å². The van der Waals surface area contributed by atoms with Crippen molar-refractivity contribution in [1.29, 1.82) is 0 Å². The highest BCUT2D eigenvalue weighted by Gasteiger charge is 2.39. The Balaban J connectivity index is 1.50. The minimum atomic E-state index is -4.71. The van der Waals surface area contributed by atoms with Gasteiger partial charge in [0.1, 0.15) is 11.9 Å². The number of hydrogen-bond donors (Lipinski definition) is 1. The molecule has 1 aromatic carbocycles. The van der Waals surface area contributed by atoms with E-state index < -0.39 is 23.7 Å². The number of carbonyl (C=O) groups is 2. The molecule has 2 aliphatic rings. The zero-order valence-corrected chi connectivity index (χ0v) is 19.0. The maximum Gasteiger partial charge on any atom is 0.433 e. The molecule has 0 bridgehead atoms. The molecule has 1 amide bonds. The molecule has 2 N–H and O–H groups in total. The predicted octanol–water partition coefficient (Wildman–Crippen LogP) is 2.15. The van der Waals surface area contributed by atoms with Crippen LogP contribution in [0.25, 0.3) is 11.4 Å². The summed E-state index contributed by atoms with van der Waals surface area (Å²) >= 11 is 0. The van der Waals surface area contributed by atoms with Crippen molar-refractivity contribution in [2.75, 3.05) is 26.2 Å². The van der Waals surface area contributed by atoms with Gasteiger partial charge in [0, 0.05) is 43.2 Å². The van der Waals surface area contributed by atoms with E-state index in [2.05, 4.69) is 9.97 Å². The molecule has 0 unspecified atom stereocenters. The average Bonchev–Trinajstić information content (AvgIpc) is 2.77. The van der Waals surface area contributed by atoms with Gasteiger partial charge in [-0.05, 0) is 37.6 Å². The minimum Gasteiger partial charge on any atom is -0.460 e. The van der Waals surface area contributed by atoms with Gasteiger partial charge in [0.15, 0.2) is 11.5 Å². The molecule has 1 saturated heterocycles. The summed E-state index contributed by atoms with van der Waals surface area (Å²) in [5.41, 5.74) is 5.40. The lowest BCUT2D eigenvalue weighted by molar-refractivity contribution is -0.157. The van der Waals surface area contributed by atoms with Crippen LogP contribution in [0.15, 0.2) is 24.3 Å². The number of rotatable bonds is 5. The molecule has 3 heterocycles. The summed E-state index contributed by atoms with van der Waals surface area (Å²) < 4.78 is 59.6. The molecule has 35 heavy (non-hydrogen) atoms. The van der Waals surface area contributed by atoms with Gasteiger partial charge in [-0.2, -0.15) is 13.2 Å². The molecule has 0 aliphatic carbocycles. The summed E-state index contributed by atoms with van der Waals surface area (Å²) in [6.45, 7) is 2.64. The molecule has 0 radical (unpaired) electrons. The molecular weight excluding hydrogens is 470 g/mol. The zero-order valence-electron chi connectivity index (χ0n) is 19.0. The quantitative estimate of drug-likeness (QED) is 0.501. The second-order valence-electron chi connectivity index (χ2n) is 8.85. The second-order valence-corrected chi connectivity index (χ2v) is 8.85. The Morgan fingerprint density at radius 1 is 1.23 bits per heavy atom. The molecule has 188 valence electrons. The molecular formula is C23H25F4N5O3. The van der Waals surface area contributed by atoms with E-state index in [-0.39, 0.29) is 73.1 Å². The molecule has 8 nitrogen and oxygen atoms in total. The fraction of sp³-hybridized carbons (Fsp3) is 0.478. The number of amides is 1. The third-order valence-corrected chi connectivity index (χ3v) is 5.92. The van der Waals surface area contributed by atoms with Gasteiger partial charge in [-0.25, -0.2) is 14.4 Å². The van der Waals surface area contributed by atoms with E-state index in [0.717, 1.165) is 12.1 Å². The van der Waals surface area contributed by atoms with Crippen LogP contribution < -0.4 is 5.73 Å². The van der Waals surface area contributed by atoms with Crippen molar-refractivity contribution in [3.8, 4) is 11.4 Å². The molecule has 12 heteroatoms. The van der Waals surface area contributed by atoms with Gasteiger partial charge in [-0.1, -0.05) is 0 Å². The van der Waals surface area contributed by atoms with Crippen molar-refractivity contribution in [3.05, 3.63) is 47.0 Å². The molecule has 0 saturated carbocycles. The topological polar surface area (TPSA) is 102 Å². The van der Waals surface area contributed by atoms with Crippen molar-refractivity contribution >= 4 is 11.9 Å². The van der Waals surface area contributed by atoms with Gasteiger partial charge < -0.3 is 15.4 Å². The highest BCUT2D eigenvalue weighted by atomic mass is 19.4. The number of morpholine rings is 1. The fourth-order valence-corrected chi connectivity index (χ4v) is 4.40. The number of nitrogens with two attached hydrogens (primary N) is 1. The number of aromatic nitrogens is 2. The first-order valence-electron chi connectivity index (χ1n) is 11.2. The van der Waals surface area contributed by atoms with E-state index in [9.17, 15) is 27.2 Å². The maximum atomic E-state index is 13.8. The summed E-state index contributed by atoms with van der Waals surface area (Å²) in [5.74, 6) is -1.39. The largest absolute Gasteiger partial charge is 0.460 e. The number of fused-ring (bicyclic) bond motifs is 1. The lowest BCUT2D eigenvalue weighted by Gasteiger charge is -2.33. The monoisotopic (exact) mass is 495 g/mol. The van der Waals surface area contributed by atoms with Crippen LogP contribution in [0.1, 0.15) is 30.3 Å². The van der Waals surface area contributed by atoms with E-state index in [1.54, 1.807) is 6.92 Å². The van der Waals surface area contributed by atoms with E-state index in [1.807, 2.05) is 4.90 Å². The van der Waals surface area contributed by atoms with Crippen LogP contribution in [0.2, 0.25) is 0 Å². The van der Waals surface area contributed by atoms with Crippen LogP contribution in [0.5, 0.6) is 0 Å². The van der Waals surface area contributed by atoms with Gasteiger partial charge in [-0.3, -0.25) is 14.5 Å². The molecule has 1 aromatic heterocycles. The molecule has 2 atom stereocenters. The van der Waals surface area contributed by atoms with E-state index in [1.165, 1.54) is 17.0 Å². The first-order valence-corrected chi connectivity index (χ1v) is 11.2. The van der Waals surface area contributed by atoms with Crippen molar-refractivity contribution in [3.63, 3.8) is 0 Å². The summed E-state index contributed by atoms with van der Waals surface area (Å²) in [7, 11) is 0. The Labute approximate surface area is 199 Å². The Kier molecular flexibility index (Phi) is 7.04. The maximum absolute atomic E-state index is 13.8. The van der Waals surface area contributed by atoms with Gasteiger partial charge in [0.25, 0.3) is 0 Å². The number of benzene rings is 1. The summed E-state index contributed by atoms with van der Waals surface area (Å²) in [5, 5.41) is 0. The van der Waals surface area contributed by atoms with Crippen LogP contribution in [0, 0.1) is 5.82 Å². The lowest BCUT2D eigenvalue weighted by Crippen LogP contribution is -2.50. The predicted molar refractivity (Wildman–Crippen MR) is 116 cm³/mol. The third kappa shape index (κ3) is 5.93. The van der Waals surface area contributed by atoms with E-state index >= 15 is 0 Å². The van der Waals surface area contributed by atoms with Crippen molar-refractivity contribution in [2.45, 2.75) is 44.6 Å². The Hall–Kier alpha value is -3.12. The van der Waals surface area contributed by atoms with Gasteiger partial charge in [0.2, 0.25) is 5.91 Å². The number of halogens is 4. The van der Waals surface area contributed by atoms with Gasteiger partial charge >= 0.3 is 12.1 Å². The van der Waals surface area contributed by atoms with Crippen LogP contribution in [-0.2, 0) is 33.5 Å². The second kappa shape index (κ2) is 9.86. The number of cyclic esters (lactones) is 1. The number of carbonyl (C=O) groups excluding carboxylic acids is 2. The number of esters is 1. The van der Waals surface area contributed by atoms with Crippen molar-refractivity contribution < 1.29 is 31.9 Å². The highest BCUT2D eigenvalue weighted by Crippen LogP contribution is 2.35. The Bertz CT molecular complexity index is 1110. The first-order chi connectivity index (χ1) is 16.5. The van der Waals surface area contributed by atoms with Gasteiger partial charge in [-0.15, -0.1) is 0 Å². The molecule has 1 fully saturated rings. The Morgan fingerprint density at radius 2 is 1.94 bits per heavy atom. The summed E-state index contributed by atoms with van der Waals surface area (Å²) in [6.07, 6.45) is -5.06. The number of ether oxygens (including phenoxy) is 1. The van der Waals surface area contributed by atoms with Crippen LogP contribution in [-0.4, -0.2) is 70.0 Å². The molecule has 0 spiro atoms. The third-order valence-electron chi connectivity index (χ3n) is 5.92. The number of hydrogen-bond acceptors (Lipinski definition) is 7. The molecule has 4 rings (SSSR count). The zero-order chi connectivity index (χ0) is 25.3. The number of alkyl halides is 3. The van der Waals surface area contributed by atoms with Crippen LogP contribution in [0.4, 0.5) is 17.6 Å². The standard InChI is InChI=1S/C23H25F4N5O3/c1-13-9-31(12-20(34)35-13)10-16(28)8-19(33)32-7-6-17-18(11-32)29-22(30-21(17)23(25,26)27)14-2-4-15(24)5-3-14/h2-5,13,16H,6-12,28H2,1H3/t13-,16+/m0/s1. The average molecular weight is 495 g/mol. The fourth-order valence-electron chi connectivity index (χ4n) is 4.40. The normalized spacial score (nSPS) is 19.8. The molecule has 2 aromatic rings.